The Kier molecular flexibility index (Phi) is 6.32. The Morgan fingerprint density at radius 2 is 1.60 bits per heavy atom. The summed E-state index contributed by atoms with van der Waals surface area (Å²) in [6.07, 6.45) is 3.30. The van der Waals surface area contributed by atoms with Gasteiger partial charge in [0.1, 0.15) is 5.60 Å². The number of rotatable bonds is 0. The van der Waals surface area contributed by atoms with Gasteiger partial charge in [0.2, 0.25) is 0 Å². The Balaban J connectivity index is 0.000000921. The van der Waals surface area contributed by atoms with Gasteiger partial charge in [-0.15, -0.1) is 0 Å². The van der Waals surface area contributed by atoms with E-state index in [0.717, 1.165) is 25.9 Å². The molecule has 2 N–H and O–H groups in total. The van der Waals surface area contributed by atoms with Crippen molar-refractivity contribution < 1.29 is 9.53 Å². The number of nitrogens with two attached hydrogens (primary N) is 1. The molecule has 0 atom stereocenters. The summed E-state index contributed by atoms with van der Waals surface area (Å²) in [7, 11) is 1.50. The van der Waals surface area contributed by atoms with Crippen LogP contribution in [0.4, 0.5) is 4.79 Å². The molecular formula is C11H24N2O2. The molecule has 0 bridgehead atoms. The number of hydrogen-bond acceptors (Lipinski definition) is 3. The predicted molar refractivity (Wildman–Crippen MR) is 61.8 cm³/mol. The highest BCUT2D eigenvalue weighted by molar-refractivity contribution is 5.68. The van der Waals surface area contributed by atoms with Crippen LogP contribution in [0.3, 0.4) is 0 Å². The van der Waals surface area contributed by atoms with E-state index in [1.54, 1.807) is 4.90 Å². The first kappa shape index (κ1) is 14.2. The first-order valence-corrected chi connectivity index (χ1v) is 5.55. The van der Waals surface area contributed by atoms with Gasteiger partial charge in [0.15, 0.2) is 0 Å². The van der Waals surface area contributed by atoms with Crippen molar-refractivity contribution >= 4 is 6.09 Å². The summed E-state index contributed by atoms with van der Waals surface area (Å²) in [5.74, 6) is 0. The molecule has 1 aliphatic rings. The molecule has 0 unspecified atom stereocenters. The van der Waals surface area contributed by atoms with Gasteiger partial charge < -0.3 is 15.4 Å². The predicted octanol–water partition coefficient (Wildman–Crippen LogP) is 1.98. The molecule has 0 spiro atoms. The molecule has 1 heterocycles. The average Bonchev–Trinajstić information content (AvgIpc) is 2.20. The molecule has 0 aromatic rings. The van der Waals surface area contributed by atoms with Crippen LogP contribution in [0.25, 0.3) is 0 Å². The van der Waals surface area contributed by atoms with Crippen LogP contribution in [-0.2, 0) is 4.74 Å². The lowest BCUT2D eigenvalue weighted by Crippen LogP contribution is -2.39. The lowest BCUT2D eigenvalue weighted by molar-refractivity contribution is 0.0216. The Bertz CT molecular complexity index is 182. The normalized spacial score (nSPS) is 16.5. The zero-order valence-electron chi connectivity index (χ0n) is 10.4. The number of hydrogen-bond donors (Lipinski definition) is 1. The zero-order chi connectivity index (χ0) is 11.9. The van der Waals surface area contributed by atoms with Gasteiger partial charge in [-0.1, -0.05) is 0 Å². The molecule has 90 valence electrons. The van der Waals surface area contributed by atoms with E-state index in [9.17, 15) is 4.79 Å². The number of nitrogens with zero attached hydrogens (tertiary/aromatic N) is 1. The Morgan fingerprint density at radius 1 is 1.13 bits per heavy atom. The molecule has 1 amide bonds. The van der Waals surface area contributed by atoms with Gasteiger partial charge in [0.05, 0.1) is 0 Å². The number of piperidine rings is 1. The number of carbonyl (C=O) groups is 1. The van der Waals surface area contributed by atoms with E-state index in [-0.39, 0.29) is 11.7 Å². The SMILES string of the molecule is CC(C)(C)OC(=O)N1CCCCC1.CN. The number of ether oxygens (including phenoxy) is 1. The topological polar surface area (TPSA) is 55.6 Å². The maximum Gasteiger partial charge on any atom is 0.410 e. The van der Waals surface area contributed by atoms with Gasteiger partial charge in [-0.05, 0) is 47.1 Å². The molecule has 1 rings (SSSR count). The summed E-state index contributed by atoms with van der Waals surface area (Å²) in [6, 6.07) is 0. The molecule has 1 saturated heterocycles. The summed E-state index contributed by atoms with van der Waals surface area (Å²) in [5.41, 5.74) is 4.13. The van der Waals surface area contributed by atoms with Crippen molar-refractivity contribution in [1.82, 2.24) is 4.90 Å². The van der Waals surface area contributed by atoms with Gasteiger partial charge in [0, 0.05) is 13.1 Å². The summed E-state index contributed by atoms with van der Waals surface area (Å²) < 4.78 is 5.26. The highest BCUT2D eigenvalue weighted by Gasteiger charge is 2.22. The van der Waals surface area contributed by atoms with Crippen LogP contribution in [0.1, 0.15) is 40.0 Å². The van der Waals surface area contributed by atoms with Crippen LogP contribution in [0.2, 0.25) is 0 Å². The highest BCUT2D eigenvalue weighted by Crippen LogP contribution is 2.14. The van der Waals surface area contributed by atoms with Gasteiger partial charge in [-0.2, -0.15) is 0 Å². The van der Waals surface area contributed by atoms with Crippen molar-refractivity contribution in [1.29, 1.82) is 0 Å². The monoisotopic (exact) mass is 216 g/mol. The van der Waals surface area contributed by atoms with Crippen LogP contribution in [0.5, 0.6) is 0 Å². The molecule has 0 radical (unpaired) electrons. The van der Waals surface area contributed by atoms with E-state index in [0.29, 0.717) is 0 Å². The average molecular weight is 216 g/mol. The van der Waals surface area contributed by atoms with Crippen LogP contribution >= 0.6 is 0 Å². The van der Waals surface area contributed by atoms with Gasteiger partial charge in [-0.25, -0.2) is 4.79 Å². The van der Waals surface area contributed by atoms with E-state index in [1.807, 2.05) is 20.8 Å². The van der Waals surface area contributed by atoms with Gasteiger partial charge in [0.25, 0.3) is 0 Å². The third-order valence-electron chi connectivity index (χ3n) is 2.01. The second-order valence-electron chi connectivity index (χ2n) is 4.53. The molecule has 0 aromatic heterocycles. The fraction of sp³-hybridized carbons (Fsp3) is 0.909. The van der Waals surface area contributed by atoms with Crippen molar-refractivity contribution in [2.24, 2.45) is 5.73 Å². The van der Waals surface area contributed by atoms with E-state index in [2.05, 4.69) is 5.73 Å². The molecule has 4 heteroatoms. The number of amides is 1. The first-order chi connectivity index (χ1) is 6.99. The minimum atomic E-state index is -0.367. The molecule has 1 aliphatic heterocycles. The highest BCUT2D eigenvalue weighted by atomic mass is 16.6. The lowest BCUT2D eigenvalue weighted by Gasteiger charge is -2.29. The van der Waals surface area contributed by atoms with Crippen molar-refractivity contribution in [2.45, 2.75) is 45.6 Å². The molecular weight excluding hydrogens is 192 g/mol. The maximum atomic E-state index is 11.5. The van der Waals surface area contributed by atoms with Crippen LogP contribution in [0, 0.1) is 0 Å². The summed E-state index contributed by atoms with van der Waals surface area (Å²) in [5, 5.41) is 0. The minimum Gasteiger partial charge on any atom is -0.444 e. The van der Waals surface area contributed by atoms with Gasteiger partial charge in [-0.3, -0.25) is 0 Å². The van der Waals surface area contributed by atoms with Crippen molar-refractivity contribution in [3.63, 3.8) is 0 Å². The van der Waals surface area contributed by atoms with E-state index >= 15 is 0 Å². The first-order valence-electron chi connectivity index (χ1n) is 5.55. The zero-order valence-corrected chi connectivity index (χ0v) is 10.4. The molecule has 15 heavy (non-hydrogen) atoms. The quantitative estimate of drug-likeness (QED) is 0.673. The fourth-order valence-corrected chi connectivity index (χ4v) is 1.40. The largest absolute Gasteiger partial charge is 0.444 e. The van der Waals surface area contributed by atoms with Crippen molar-refractivity contribution in [3.05, 3.63) is 0 Å². The molecule has 4 nitrogen and oxygen atoms in total. The third-order valence-corrected chi connectivity index (χ3v) is 2.01. The summed E-state index contributed by atoms with van der Waals surface area (Å²) in [6.45, 7) is 7.41. The third kappa shape index (κ3) is 6.33. The van der Waals surface area contributed by atoms with Crippen LogP contribution in [-0.4, -0.2) is 36.7 Å². The van der Waals surface area contributed by atoms with E-state index < -0.39 is 0 Å². The second-order valence-corrected chi connectivity index (χ2v) is 4.53. The summed E-state index contributed by atoms with van der Waals surface area (Å²) >= 11 is 0. The smallest absolute Gasteiger partial charge is 0.410 e. The minimum absolute atomic E-state index is 0.160. The fourth-order valence-electron chi connectivity index (χ4n) is 1.40. The Labute approximate surface area is 92.8 Å². The number of carbonyl (C=O) groups excluding carboxylic acids is 1. The molecule has 0 saturated carbocycles. The Morgan fingerprint density at radius 3 is 2.00 bits per heavy atom. The molecule has 0 aliphatic carbocycles. The van der Waals surface area contributed by atoms with Gasteiger partial charge >= 0.3 is 6.09 Å². The van der Waals surface area contributed by atoms with Crippen molar-refractivity contribution in [3.8, 4) is 0 Å². The van der Waals surface area contributed by atoms with E-state index in [4.69, 9.17) is 4.74 Å². The van der Waals surface area contributed by atoms with Crippen molar-refractivity contribution in [2.75, 3.05) is 20.1 Å². The molecule has 1 fully saturated rings. The number of likely N-dealkylation sites (tertiary alicyclic amines) is 1. The summed E-state index contributed by atoms with van der Waals surface area (Å²) in [4.78, 5) is 13.3. The maximum absolute atomic E-state index is 11.5. The van der Waals surface area contributed by atoms with Crippen LogP contribution < -0.4 is 5.73 Å². The standard InChI is InChI=1S/C10H19NO2.CH5N/c1-10(2,3)13-9(12)11-7-5-4-6-8-11;1-2/h4-8H2,1-3H3;2H2,1H3. The van der Waals surface area contributed by atoms with Crippen LogP contribution in [0.15, 0.2) is 0 Å². The lowest BCUT2D eigenvalue weighted by atomic mass is 10.1. The second kappa shape index (κ2) is 6.67. The molecule has 0 aromatic carbocycles. The van der Waals surface area contributed by atoms with E-state index in [1.165, 1.54) is 13.5 Å². The Hall–Kier alpha value is -0.770.